The third-order valence-corrected chi connectivity index (χ3v) is 4.24. The second-order valence-electron chi connectivity index (χ2n) is 6.10. The molecule has 1 aromatic rings. The Hall–Kier alpha value is -1.43. The Balaban J connectivity index is 1.96. The first-order valence-electron chi connectivity index (χ1n) is 7.38. The molecule has 1 saturated carbocycles. The van der Waals surface area contributed by atoms with Gasteiger partial charge in [-0.1, -0.05) is 18.2 Å². The molecule has 1 aromatic carbocycles. The molecular weight excluding hydrogens is 266 g/mol. The minimum absolute atomic E-state index is 0.0223. The molecule has 1 fully saturated rings. The van der Waals surface area contributed by atoms with Crippen molar-refractivity contribution in [3.8, 4) is 0 Å². The number of carbonyl (C=O) groups excluding carboxylic acids is 1. The molecule has 0 aliphatic heterocycles. The summed E-state index contributed by atoms with van der Waals surface area (Å²) < 4.78 is 0. The molecule has 116 valence electrons. The standard InChI is InChI=1S/C16H25N3O2/c1-10-5-4-6-11(2)16(10)18-15(21)9-19(3)13-7-12(17)8-14(13)20/h4-6,12-14,20H,7-9,17H2,1-3H3,(H,18,21)/t12-,13-,14-/m0/s1. The van der Waals surface area contributed by atoms with Crippen molar-refractivity contribution < 1.29 is 9.90 Å². The predicted octanol–water partition coefficient (Wildman–Crippen LogP) is 1.02. The Labute approximate surface area is 126 Å². The summed E-state index contributed by atoms with van der Waals surface area (Å²) in [6, 6.07) is 5.92. The number of hydrogen-bond acceptors (Lipinski definition) is 4. The number of nitrogens with one attached hydrogen (secondary N) is 1. The molecule has 0 spiro atoms. The van der Waals surface area contributed by atoms with Crippen LogP contribution in [-0.4, -0.2) is 47.7 Å². The maximum atomic E-state index is 12.2. The van der Waals surface area contributed by atoms with Crippen LogP contribution in [0.25, 0.3) is 0 Å². The highest BCUT2D eigenvalue weighted by atomic mass is 16.3. The Morgan fingerprint density at radius 1 is 1.38 bits per heavy atom. The zero-order chi connectivity index (χ0) is 15.6. The van der Waals surface area contributed by atoms with Crippen LogP contribution >= 0.6 is 0 Å². The lowest BCUT2D eigenvalue weighted by Gasteiger charge is -2.26. The highest BCUT2D eigenvalue weighted by Crippen LogP contribution is 2.23. The largest absolute Gasteiger partial charge is 0.391 e. The molecule has 4 N–H and O–H groups in total. The Bertz CT molecular complexity index is 498. The number of anilines is 1. The summed E-state index contributed by atoms with van der Waals surface area (Å²) >= 11 is 0. The van der Waals surface area contributed by atoms with Gasteiger partial charge in [0.15, 0.2) is 0 Å². The van der Waals surface area contributed by atoms with E-state index in [1.165, 1.54) is 0 Å². The molecule has 21 heavy (non-hydrogen) atoms. The summed E-state index contributed by atoms with van der Waals surface area (Å²) in [5.74, 6) is -0.0671. The molecule has 2 rings (SSSR count). The van der Waals surface area contributed by atoms with Crippen LogP contribution in [-0.2, 0) is 4.79 Å². The molecule has 0 unspecified atom stereocenters. The van der Waals surface area contributed by atoms with Gasteiger partial charge in [0.2, 0.25) is 5.91 Å². The van der Waals surface area contributed by atoms with Gasteiger partial charge in [-0.25, -0.2) is 0 Å². The minimum atomic E-state index is -0.446. The van der Waals surface area contributed by atoms with Crippen LogP contribution in [0.3, 0.4) is 0 Å². The quantitative estimate of drug-likeness (QED) is 0.774. The molecule has 1 amide bonds. The fourth-order valence-electron chi connectivity index (χ4n) is 3.04. The van der Waals surface area contributed by atoms with Crippen LogP contribution < -0.4 is 11.1 Å². The molecule has 0 radical (unpaired) electrons. The molecule has 0 saturated heterocycles. The lowest BCUT2D eigenvalue weighted by atomic mass is 10.1. The third kappa shape index (κ3) is 3.81. The molecule has 1 aliphatic carbocycles. The van der Waals surface area contributed by atoms with E-state index in [1.54, 1.807) is 0 Å². The van der Waals surface area contributed by atoms with Crippen LogP contribution in [0.2, 0.25) is 0 Å². The SMILES string of the molecule is Cc1cccc(C)c1NC(=O)CN(C)[C@H]1C[C@H](N)C[C@@H]1O. The van der Waals surface area contributed by atoms with Crippen LogP contribution in [0.1, 0.15) is 24.0 Å². The van der Waals surface area contributed by atoms with Crippen molar-refractivity contribution in [1.82, 2.24) is 4.90 Å². The van der Waals surface area contributed by atoms with E-state index in [9.17, 15) is 9.90 Å². The molecule has 3 atom stereocenters. The van der Waals surface area contributed by atoms with Crippen molar-refractivity contribution in [2.24, 2.45) is 5.73 Å². The number of nitrogens with zero attached hydrogens (tertiary/aromatic N) is 1. The lowest BCUT2D eigenvalue weighted by Crippen LogP contribution is -2.42. The summed E-state index contributed by atoms with van der Waals surface area (Å²) in [7, 11) is 1.86. The second kappa shape index (κ2) is 6.56. The monoisotopic (exact) mass is 291 g/mol. The number of hydrogen-bond donors (Lipinski definition) is 3. The van der Waals surface area contributed by atoms with E-state index in [1.807, 2.05) is 44.0 Å². The first kappa shape index (κ1) is 15.9. The number of benzene rings is 1. The number of nitrogens with two attached hydrogens (primary N) is 1. The molecule has 0 heterocycles. The van der Waals surface area contributed by atoms with E-state index in [2.05, 4.69) is 5.32 Å². The summed E-state index contributed by atoms with van der Waals surface area (Å²) in [5, 5.41) is 12.9. The Morgan fingerprint density at radius 3 is 2.52 bits per heavy atom. The van der Waals surface area contributed by atoms with Gasteiger partial charge in [-0.3, -0.25) is 9.69 Å². The third-order valence-electron chi connectivity index (χ3n) is 4.24. The van der Waals surface area contributed by atoms with Gasteiger partial charge >= 0.3 is 0 Å². The average Bonchev–Trinajstić information content (AvgIpc) is 2.73. The number of para-hydroxylation sites is 1. The van der Waals surface area contributed by atoms with E-state index in [4.69, 9.17) is 5.73 Å². The van der Waals surface area contributed by atoms with Gasteiger partial charge in [0.25, 0.3) is 0 Å². The molecule has 5 nitrogen and oxygen atoms in total. The first-order chi connectivity index (χ1) is 9.88. The van der Waals surface area contributed by atoms with E-state index < -0.39 is 6.10 Å². The molecular formula is C16H25N3O2. The van der Waals surface area contributed by atoms with Crippen molar-refractivity contribution in [3.63, 3.8) is 0 Å². The number of aryl methyl sites for hydroxylation is 2. The van der Waals surface area contributed by atoms with Crippen molar-refractivity contribution in [1.29, 1.82) is 0 Å². The molecule has 1 aliphatic rings. The smallest absolute Gasteiger partial charge is 0.238 e. The van der Waals surface area contributed by atoms with Gasteiger partial charge in [0, 0.05) is 17.8 Å². The number of likely N-dealkylation sites (N-methyl/N-ethyl adjacent to an activating group) is 1. The fraction of sp³-hybridized carbons (Fsp3) is 0.562. The Kier molecular flexibility index (Phi) is 4.98. The number of carbonyl (C=O) groups is 1. The van der Waals surface area contributed by atoms with Crippen molar-refractivity contribution in [2.75, 3.05) is 18.9 Å². The van der Waals surface area contributed by atoms with Crippen molar-refractivity contribution in [3.05, 3.63) is 29.3 Å². The van der Waals surface area contributed by atoms with Crippen molar-refractivity contribution in [2.45, 2.75) is 44.9 Å². The summed E-state index contributed by atoms with van der Waals surface area (Å²) in [4.78, 5) is 14.1. The molecule has 0 aromatic heterocycles. The van der Waals surface area contributed by atoms with Gasteiger partial charge in [-0.05, 0) is 44.9 Å². The molecule has 0 bridgehead atoms. The van der Waals surface area contributed by atoms with Crippen LogP contribution in [0, 0.1) is 13.8 Å². The maximum Gasteiger partial charge on any atom is 0.238 e. The van der Waals surface area contributed by atoms with Crippen LogP contribution in [0.4, 0.5) is 5.69 Å². The van der Waals surface area contributed by atoms with Gasteiger partial charge in [0.05, 0.1) is 12.6 Å². The first-order valence-corrected chi connectivity index (χ1v) is 7.38. The summed E-state index contributed by atoms with van der Waals surface area (Å²) in [6.45, 7) is 4.21. The van der Waals surface area contributed by atoms with E-state index in [0.717, 1.165) is 23.2 Å². The van der Waals surface area contributed by atoms with Gasteiger partial charge in [0.1, 0.15) is 0 Å². The van der Waals surface area contributed by atoms with E-state index >= 15 is 0 Å². The van der Waals surface area contributed by atoms with Crippen LogP contribution in [0.15, 0.2) is 18.2 Å². The lowest BCUT2D eigenvalue weighted by molar-refractivity contribution is -0.117. The van der Waals surface area contributed by atoms with Crippen LogP contribution in [0.5, 0.6) is 0 Å². The fourth-order valence-corrected chi connectivity index (χ4v) is 3.04. The zero-order valence-electron chi connectivity index (χ0n) is 13.0. The summed E-state index contributed by atoms with van der Waals surface area (Å²) in [6.07, 6.45) is 0.889. The second-order valence-corrected chi connectivity index (χ2v) is 6.10. The normalized spacial score (nSPS) is 25.3. The number of aliphatic hydroxyl groups is 1. The minimum Gasteiger partial charge on any atom is -0.391 e. The predicted molar refractivity (Wildman–Crippen MR) is 84.2 cm³/mol. The number of amides is 1. The van der Waals surface area contributed by atoms with E-state index in [-0.39, 0.29) is 24.5 Å². The van der Waals surface area contributed by atoms with Gasteiger partial charge < -0.3 is 16.2 Å². The van der Waals surface area contributed by atoms with Gasteiger partial charge in [-0.2, -0.15) is 0 Å². The van der Waals surface area contributed by atoms with Gasteiger partial charge in [-0.15, -0.1) is 0 Å². The highest BCUT2D eigenvalue weighted by Gasteiger charge is 2.34. The highest BCUT2D eigenvalue weighted by molar-refractivity contribution is 5.93. The van der Waals surface area contributed by atoms with Crippen molar-refractivity contribution >= 4 is 11.6 Å². The van der Waals surface area contributed by atoms with E-state index in [0.29, 0.717) is 6.42 Å². The average molecular weight is 291 g/mol. The summed E-state index contributed by atoms with van der Waals surface area (Å²) in [5.41, 5.74) is 8.83. The Morgan fingerprint density at radius 2 is 2.00 bits per heavy atom. The topological polar surface area (TPSA) is 78.6 Å². The number of aliphatic hydroxyl groups excluding tert-OH is 1. The molecule has 5 heteroatoms. The zero-order valence-corrected chi connectivity index (χ0v) is 13.0. The maximum absolute atomic E-state index is 12.2. The number of rotatable bonds is 4.